The predicted octanol–water partition coefficient (Wildman–Crippen LogP) is 5.63. The molecule has 39 heavy (non-hydrogen) atoms. The van der Waals surface area contributed by atoms with Gasteiger partial charge < -0.3 is 16.0 Å². The van der Waals surface area contributed by atoms with Crippen LogP contribution in [0.4, 0.5) is 11.4 Å². The standard InChI is InChI=1S/C28H33Cl2N5O2S2/c1-39(36,37)34-9-6-18(7-10-34)17-35(27(38)33-26-14-24(30)23(29)13-25(26)32)22-5-8-28(15-21(28)12-22)20-4-2-3-19(11-20)16-31/h2-4,11,13-14,18,21-22H,5-10,12,15,17,32H2,1H3,(H,33,38)/t21?,22-,28-/m1/s1. The molecule has 11 heteroatoms. The maximum atomic E-state index is 12.0. The fourth-order valence-electron chi connectivity index (χ4n) is 6.50. The molecule has 2 aromatic carbocycles. The Kier molecular flexibility index (Phi) is 8.06. The molecule has 208 valence electrons. The summed E-state index contributed by atoms with van der Waals surface area (Å²) in [5.74, 6) is 0.865. The second kappa shape index (κ2) is 11.1. The van der Waals surface area contributed by atoms with Gasteiger partial charge in [-0.3, -0.25) is 0 Å². The highest BCUT2D eigenvalue weighted by atomic mass is 35.5. The first-order chi connectivity index (χ1) is 18.5. The summed E-state index contributed by atoms with van der Waals surface area (Å²) in [7, 11) is -3.18. The Morgan fingerprint density at radius 3 is 2.62 bits per heavy atom. The van der Waals surface area contributed by atoms with E-state index in [1.165, 1.54) is 11.8 Å². The van der Waals surface area contributed by atoms with Crippen LogP contribution in [0.1, 0.15) is 49.7 Å². The van der Waals surface area contributed by atoms with E-state index in [2.05, 4.69) is 22.4 Å². The lowest BCUT2D eigenvalue weighted by atomic mass is 9.79. The third-order valence-corrected chi connectivity index (χ3v) is 11.2. The normalized spacial score (nSPS) is 25.4. The van der Waals surface area contributed by atoms with E-state index in [1.807, 2.05) is 18.2 Å². The number of sulfonamides is 1. The van der Waals surface area contributed by atoms with Gasteiger partial charge in [0.2, 0.25) is 10.0 Å². The van der Waals surface area contributed by atoms with Gasteiger partial charge in [-0.2, -0.15) is 5.26 Å². The molecule has 5 rings (SSSR count). The highest BCUT2D eigenvalue weighted by Crippen LogP contribution is 2.63. The van der Waals surface area contributed by atoms with Crippen molar-refractivity contribution in [3.8, 4) is 6.07 Å². The second-order valence-corrected chi connectivity index (χ2v) is 14.4. The van der Waals surface area contributed by atoms with Gasteiger partial charge in [0.15, 0.2) is 5.11 Å². The Morgan fingerprint density at radius 2 is 1.95 bits per heavy atom. The number of thiocarbonyl (C=S) groups is 1. The fraction of sp³-hybridized carbons (Fsp3) is 0.500. The van der Waals surface area contributed by atoms with E-state index in [4.69, 9.17) is 41.2 Å². The summed E-state index contributed by atoms with van der Waals surface area (Å²) in [5, 5.41) is 14.1. The van der Waals surface area contributed by atoms with Gasteiger partial charge in [0.25, 0.3) is 0 Å². The Balaban J connectivity index is 1.33. The lowest BCUT2D eigenvalue weighted by Gasteiger charge is -2.41. The van der Waals surface area contributed by atoms with Crippen LogP contribution in [0.2, 0.25) is 10.0 Å². The Bertz CT molecular complexity index is 1420. The number of nitrogen functional groups attached to an aromatic ring is 1. The molecule has 3 aliphatic rings. The van der Waals surface area contributed by atoms with Crippen molar-refractivity contribution < 1.29 is 8.42 Å². The molecular weight excluding hydrogens is 573 g/mol. The number of nitrogens with one attached hydrogen (secondary N) is 1. The highest BCUT2D eigenvalue weighted by molar-refractivity contribution is 7.88. The number of rotatable bonds is 6. The molecule has 0 amide bonds. The van der Waals surface area contributed by atoms with E-state index in [0.717, 1.165) is 45.1 Å². The van der Waals surface area contributed by atoms with Gasteiger partial charge in [-0.1, -0.05) is 35.3 Å². The van der Waals surface area contributed by atoms with Crippen molar-refractivity contribution >= 4 is 61.9 Å². The monoisotopic (exact) mass is 605 g/mol. The summed E-state index contributed by atoms with van der Waals surface area (Å²) in [4.78, 5) is 2.30. The minimum atomic E-state index is -3.18. The van der Waals surface area contributed by atoms with Crippen LogP contribution in [-0.4, -0.2) is 54.7 Å². The number of hydrogen-bond acceptors (Lipinski definition) is 5. The van der Waals surface area contributed by atoms with Crippen LogP contribution in [0.25, 0.3) is 0 Å². The third kappa shape index (κ3) is 6.01. The zero-order valence-corrected chi connectivity index (χ0v) is 25.0. The van der Waals surface area contributed by atoms with Crippen molar-refractivity contribution in [3.05, 3.63) is 57.6 Å². The molecule has 1 saturated heterocycles. The van der Waals surface area contributed by atoms with Gasteiger partial charge in [-0.05, 0) is 97.8 Å². The molecule has 1 unspecified atom stereocenters. The second-order valence-electron chi connectivity index (χ2n) is 11.2. The smallest absolute Gasteiger partial charge is 0.211 e. The maximum Gasteiger partial charge on any atom is 0.211 e. The summed E-state index contributed by atoms with van der Waals surface area (Å²) in [5.41, 5.74) is 9.45. The topological polar surface area (TPSA) is 102 Å². The van der Waals surface area contributed by atoms with E-state index in [1.54, 1.807) is 16.4 Å². The van der Waals surface area contributed by atoms with Crippen LogP contribution >= 0.6 is 35.4 Å². The summed E-state index contributed by atoms with van der Waals surface area (Å²) in [6, 6.07) is 13.9. The van der Waals surface area contributed by atoms with Gasteiger partial charge in [0.1, 0.15) is 0 Å². The summed E-state index contributed by atoms with van der Waals surface area (Å²) in [6.07, 6.45) is 7.02. The number of halogens is 2. The number of anilines is 2. The molecule has 0 aromatic heterocycles. The minimum absolute atomic E-state index is 0.152. The van der Waals surface area contributed by atoms with E-state index in [0.29, 0.717) is 57.0 Å². The maximum absolute atomic E-state index is 12.0. The Labute approximate surface area is 246 Å². The van der Waals surface area contributed by atoms with Crippen molar-refractivity contribution in [2.24, 2.45) is 11.8 Å². The number of fused-ring (bicyclic) bond motifs is 1. The molecule has 0 spiro atoms. The van der Waals surface area contributed by atoms with Crippen LogP contribution in [0.3, 0.4) is 0 Å². The van der Waals surface area contributed by atoms with Crippen molar-refractivity contribution in [2.45, 2.75) is 50.0 Å². The van der Waals surface area contributed by atoms with Gasteiger partial charge in [0, 0.05) is 25.7 Å². The molecule has 2 aliphatic carbocycles. The summed E-state index contributed by atoms with van der Waals surface area (Å²) in [6.45, 7) is 1.81. The third-order valence-electron chi connectivity index (χ3n) is 8.81. The molecule has 3 atom stereocenters. The predicted molar refractivity (Wildman–Crippen MR) is 162 cm³/mol. The first kappa shape index (κ1) is 28.4. The molecule has 1 heterocycles. The van der Waals surface area contributed by atoms with E-state index in [9.17, 15) is 13.7 Å². The van der Waals surface area contributed by atoms with Crippen LogP contribution in [-0.2, 0) is 15.4 Å². The van der Waals surface area contributed by atoms with E-state index in [-0.39, 0.29) is 11.5 Å². The average Bonchev–Trinajstić information content (AvgIpc) is 3.65. The molecule has 3 N–H and O–H groups in total. The zero-order valence-electron chi connectivity index (χ0n) is 21.9. The van der Waals surface area contributed by atoms with Crippen molar-refractivity contribution in [3.63, 3.8) is 0 Å². The number of hydrogen-bond donors (Lipinski definition) is 2. The van der Waals surface area contributed by atoms with E-state index >= 15 is 0 Å². The van der Waals surface area contributed by atoms with Crippen LogP contribution in [0.5, 0.6) is 0 Å². The lowest BCUT2D eigenvalue weighted by Crippen LogP contribution is -2.49. The molecule has 0 bridgehead atoms. The van der Waals surface area contributed by atoms with Gasteiger partial charge >= 0.3 is 0 Å². The first-order valence-electron chi connectivity index (χ1n) is 13.3. The molecule has 1 aliphatic heterocycles. The van der Waals surface area contributed by atoms with Gasteiger partial charge in [-0.15, -0.1) is 0 Å². The van der Waals surface area contributed by atoms with Crippen LogP contribution in [0.15, 0.2) is 36.4 Å². The molecule has 3 fully saturated rings. The number of nitrogens with two attached hydrogens (primary N) is 1. The molecular formula is C28H33Cl2N5O2S2. The Hall–Kier alpha value is -2.09. The Morgan fingerprint density at radius 1 is 1.23 bits per heavy atom. The molecule has 2 aromatic rings. The highest BCUT2D eigenvalue weighted by Gasteiger charge is 2.58. The largest absolute Gasteiger partial charge is 0.397 e. The van der Waals surface area contributed by atoms with Crippen LogP contribution in [0, 0.1) is 23.2 Å². The number of benzene rings is 2. The quantitative estimate of drug-likeness (QED) is 0.325. The average molecular weight is 607 g/mol. The van der Waals surface area contributed by atoms with Crippen molar-refractivity contribution in [1.82, 2.24) is 9.21 Å². The van der Waals surface area contributed by atoms with Gasteiger partial charge in [-0.25, -0.2) is 12.7 Å². The van der Waals surface area contributed by atoms with Crippen molar-refractivity contribution in [1.29, 1.82) is 5.26 Å². The first-order valence-corrected chi connectivity index (χ1v) is 16.3. The molecule has 0 radical (unpaired) electrons. The van der Waals surface area contributed by atoms with Gasteiger partial charge in [0.05, 0.1) is 39.3 Å². The molecule has 7 nitrogen and oxygen atoms in total. The lowest BCUT2D eigenvalue weighted by molar-refractivity contribution is 0.174. The molecule has 2 saturated carbocycles. The van der Waals surface area contributed by atoms with E-state index < -0.39 is 10.0 Å². The minimum Gasteiger partial charge on any atom is -0.397 e. The number of piperidine rings is 1. The van der Waals surface area contributed by atoms with Crippen LogP contribution < -0.4 is 11.1 Å². The van der Waals surface area contributed by atoms with Crippen molar-refractivity contribution in [2.75, 3.05) is 36.9 Å². The zero-order chi connectivity index (χ0) is 27.9. The summed E-state index contributed by atoms with van der Waals surface area (Å²) < 4.78 is 25.6. The number of nitrogens with zero attached hydrogens (tertiary/aromatic N) is 3. The SMILES string of the molecule is CS(=O)(=O)N1CCC(CN(C(=S)Nc2cc(Cl)c(Cl)cc2N)[C@@H]2CC[C@]3(c4cccc(C#N)c4)CC3C2)CC1. The fourth-order valence-corrected chi connectivity index (χ4v) is 8.05. The summed E-state index contributed by atoms with van der Waals surface area (Å²) >= 11 is 18.4. The number of nitriles is 1.